The van der Waals surface area contributed by atoms with Crippen LogP contribution in [0.3, 0.4) is 0 Å². The van der Waals surface area contributed by atoms with Crippen LogP contribution in [0.1, 0.15) is 81.3 Å². The molecule has 0 aliphatic heterocycles. The molecule has 70 heavy (non-hydrogen) atoms. The molecule has 0 saturated heterocycles. The number of ether oxygens (including phenoxy) is 4. The fourth-order valence-electron chi connectivity index (χ4n) is 7.67. The summed E-state index contributed by atoms with van der Waals surface area (Å²) in [5.74, 6) is 0.562. The largest absolute Gasteiger partial charge is 0.488 e. The van der Waals surface area contributed by atoms with E-state index in [1.807, 2.05) is 38.1 Å². The number of benzene rings is 4. The molecular formula is C53H53Cl2N7O8. The number of nitrogens with one attached hydrogen (secondary N) is 1. The topological polar surface area (TPSA) is 249 Å². The molecule has 0 bridgehead atoms. The summed E-state index contributed by atoms with van der Waals surface area (Å²) < 4.78 is 25.3. The Hall–Kier alpha value is -7.24. The van der Waals surface area contributed by atoms with E-state index in [0.29, 0.717) is 80.1 Å². The summed E-state index contributed by atoms with van der Waals surface area (Å²) in [5.41, 5.74) is 20.0. The number of rotatable bonds is 25. The van der Waals surface area contributed by atoms with Gasteiger partial charge in [0, 0.05) is 66.7 Å². The number of aryl methyl sites for hydroxylation is 1. The number of hydrogen-bond acceptors (Lipinski definition) is 13. The van der Waals surface area contributed by atoms with E-state index in [4.69, 9.17) is 53.6 Å². The standard InChI is InChI=1S/C53H53Cl2N7O8/c1-32-39(30-69-50-18-48(67-28-36-12-34(20-56)22-60-24-36)38(14-46(50)54)6-3-9-42(63)16-52(58)65)7-4-10-44(32)45-11-5-8-40(33(45)2)31-70-51-19-49(68-29-37-13-35(21-57)23-61-25-37)41(15-47(51)55)26-62-27-43(64)17-53(59)66/h4-5,7-8,10-15,18-19,22-25,42-43,62-64H,3,6,9,16-17,26-31H2,1-2H3,(H2,58,65)(H2,59,66)/t42-,43+/m1/s1. The lowest BCUT2D eigenvalue weighted by atomic mass is 9.92. The number of nitriles is 2. The minimum atomic E-state index is -0.969. The van der Waals surface area contributed by atoms with E-state index in [-0.39, 0.29) is 52.4 Å². The zero-order chi connectivity index (χ0) is 50.2. The van der Waals surface area contributed by atoms with Crippen molar-refractivity contribution in [3.05, 3.63) is 163 Å². The van der Waals surface area contributed by atoms with Gasteiger partial charge in [-0.05, 0) is 96.3 Å². The molecule has 0 fully saturated rings. The first-order chi connectivity index (χ1) is 33.7. The van der Waals surface area contributed by atoms with E-state index in [0.717, 1.165) is 38.9 Å². The maximum absolute atomic E-state index is 11.3. The first-order valence-corrected chi connectivity index (χ1v) is 23.1. The minimum absolute atomic E-state index is 0.104. The number of aromatic nitrogens is 2. The molecule has 0 radical (unpaired) electrons. The number of nitrogens with two attached hydrogens (primary N) is 2. The molecule has 6 aromatic rings. The first kappa shape index (κ1) is 52.1. The van der Waals surface area contributed by atoms with Gasteiger partial charge >= 0.3 is 0 Å². The van der Waals surface area contributed by atoms with Crippen molar-refractivity contribution in [2.45, 2.75) is 91.1 Å². The molecule has 17 heteroatoms. The zero-order valence-electron chi connectivity index (χ0n) is 38.7. The van der Waals surface area contributed by atoms with Gasteiger partial charge in [0.1, 0.15) is 61.6 Å². The Kier molecular flexibility index (Phi) is 18.9. The van der Waals surface area contributed by atoms with Gasteiger partial charge in [-0.25, -0.2) is 0 Å². The van der Waals surface area contributed by atoms with Crippen molar-refractivity contribution in [3.8, 4) is 46.3 Å². The molecule has 0 aliphatic carbocycles. The SMILES string of the molecule is Cc1c(COc2cc(OCc3cncc(C#N)c3)c(CCC[C@@H](O)CC(N)=O)cc2Cl)cccc1-c1cccc(COc2cc(OCc3cncc(C#N)c3)c(CNC[C@@H](O)CC(N)=O)cc2Cl)c1C. The maximum Gasteiger partial charge on any atom is 0.220 e. The maximum atomic E-state index is 11.3. The van der Waals surface area contributed by atoms with Crippen LogP contribution in [0.15, 0.2) is 97.6 Å². The molecule has 2 aromatic heterocycles. The molecule has 15 nitrogen and oxygen atoms in total. The molecule has 0 saturated carbocycles. The second kappa shape index (κ2) is 25.4. The van der Waals surface area contributed by atoms with Gasteiger partial charge in [0.25, 0.3) is 0 Å². The van der Waals surface area contributed by atoms with Gasteiger partial charge in [-0.3, -0.25) is 19.6 Å². The zero-order valence-corrected chi connectivity index (χ0v) is 40.2. The van der Waals surface area contributed by atoms with Crippen molar-refractivity contribution < 1.29 is 38.7 Å². The highest BCUT2D eigenvalue weighted by molar-refractivity contribution is 6.32. The summed E-state index contributed by atoms with van der Waals surface area (Å²) in [5, 5.41) is 43.0. The molecule has 2 atom stereocenters. The van der Waals surface area contributed by atoms with Crippen LogP contribution in [-0.4, -0.2) is 50.7 Å². The lowest BCUT2D eigenvalue weighted by Crippen LogP contribution is -2.30. The second-order valence-corrected chi connectivity index (χ2v) is 17.5. The third-order valence-corrected chi connectivity index (χ3v) is 12.0. The lowest BCUT2D eigenvalue weighted by Gasteiger charge is -2.19. The van der Waals surface area contributed by atoms with E-state index in [2.05, 4.69) is 39.6 Å². The van der Waals surface area contributed by atoms with Gasteiger partial charge in [-0.15, -0.1) is 0 Å². The van der Waals surface area contributed by atoms with E-state index in [1.54, 1.807) is 48.8 Å². The van der Waals surface area contributed by atoms with E-state index in [9.17, 15) is 30.3 Å². The molecule has 0 spiro atoms. The molecule has 0 aliphatic rings. The number of hydrogen-bond donors (Lipinski definition) is 5. The number of carbonyl (C=O) groups excluding carboxylic acids is 2. The average molecular weight is 987 g/mol. The number of aliphatic hydroxyl groups is 2. The van der Waals surface area contributed by atoms with Crippen LogP contribution in [-0.2, 0) is 49.0 Å². The number of primary amides is 2. The van der Waals surface area contributed by atoms with Crippen molar-refractivity contribution in [1.82, 2.24) is 15.3 Å². The quantitative estimate of drug-likeness (QED) is 0.0365. The van der Waals surface area contributed by atoms with Crippen molar-refractivity contribution >= 4 is 35.0 Å². The van der Waals surface area contributed by atoms with Crippen LogP contribution < -0.4 is 35.7 Å². The normalized spacial score (nSPS) is 11.8. The van der Waals surface area contributed by atoms with Gasteiger partial charge in [-0.1, -0.05) is 59.6 Å². The summed E-state index contributed by atoms with van der Waals surface area (Å²) in [6, 6.07) is 26.5. The third-order valence-electron chi connectivity index (χ3n) is 11.4. The van der Waals surface area contributed by atoms with Crippen LogP contribution in [0, 0.1) is 36.5 Å². The lowest BCUT2D eigenvalue weighted by molar-refractivity contribution is -0.120. The van der Waals surface area contributed by atoms with Crippen molar-refractivity contribution in [1.29, 1.82) is 10.5 Å². The van der Waals surface area contributed by atoms with E-state index in [1.165, 1.54) is 12.4 Å². The number of nitrogens with zero attached hydrogens (tertiary/aromatic N) is 4. The number of pyridine rings is 2. The van der Waals surface area contributed by atoms with Crippen molar-refractivity contribution in [3.63, 3.8) is 0 Å². The van der Waals surface area contributed by atoms with Crippen LogP contribution in [0.5, 0.6) is 23.0 Å². The molecule has 362 valence electrons. The van der Waals surface area contributed by atoms with Crippen molar-refractivity contribution in [2.75, 3.05) is 6.54 Å². The highest BCUT2D eigenvalue weighted by Gasteiger charge is 2.18. The Morgan fingerprint density at radius 3 is 1.61 bits per heavy atom. The average Bonchev–Trinajstić information content (AvgIpc) is 3.33. The summed E-state index contributed by atoms with van der Waals surface area (Å²) in [6.45, 7) is 5.02. The minimum Gasteiger partial charge on any atom is -0.488 e. The number of amides is 2. The fraction of sp³-hybridized carbons (Fsp3) is 0.283. The smallest absolute Gasteiger partial charge is 0.220 e. The summed E-state index contributed by atoms with van der Waals surface area (Å²) in [6.07, 6.45) is 5.43. The highest BCUT2D eigenvalue weighted by Crippen LogP contribution is 2.38. The Labute approximate surface area is 416 Å². The Morgan fingerprint density at radius 2 is 1.11 bits per heavy atom. The molecule has 7 N–H and O–H groups in total. The Balaban J connectivity index is 1.18. The predicted molar refractivity (Wildman–Crippen MR) is 264 cm³/mol. The molecule has 4 aromatic carbocycles. The van der Waals surface area contributed by atoms with E-state index >= 15 is 0 Å². The molecule has 2 heterocycles. The number of halogens is 2. The number of carbonyl (C=O) groups is 2. The van der Waals surface area contributed by atoms with Crippen LogP contribution >= 0.6 is 23.2 Å². The van der Waals surface area contributed by atoms with E-state index < -0.39 is 24.0 Å². The first-order valence-electron chi connectivity index (χ1n) is 22.4. The predicted octanol–water partition coefficient (Wildman–Crippen LogP) is 8.01. The second-order valence-electron chi connectivity index (χ2n) is 16.7. The molecule has 2 amide bonds. The summed E-state index contributed by atoms with van der Waals surface area (Å²) >= 11 is 13.6. The van der Waals surface area contributed by atoms with Crippen LogP contribution in [0.25, 0.3) is 11.1 Å². The Bertz CT molecular complexity index is 2710. The van der Waals surface area contributed by atoms with Gasteiger partial charge in [0.05, 0.1) is 46.2 Å². The van der Waals surface area contributed by atoms with Crippen LogP contribution in [0.4, 0.5) is 0 Å². The Morgan fingerprint density at radius 1 is 0.643 bits per heavy atom. The van der Waals surface area contributed by atoms with Gasteiger partial charge in [0.2, 0.25) is 11.8 Å². The fourth-order valence-corrected chi connectivity index (χ4v) is 8.15. The molecule has 0 unspecified atom stereocenters. The monoisotopic (exact) mass is 985 g/mol. The van der Waals surface area contributed by atoms with Crippen molar-refractivity contribution in [2.24, 2.45) is 11.5 Å². The molecule has 6 rings (SSSR count). The highest BCUT2D eigenvalue weighted by atomic mass is 35.5. The summed E-state index contributed by atoms with van der Waals surface area (Å²) in [7, 11) is 0. The van der Waals surface area contributed by atoms with Crippen LogP contribution in [0.2, 0.25) is 10.0 Å². The van der Waals surface area contributed by atoms with Gasteiger partial charge < -0.3 is 45.9 Å². The molecular weight excluding hydrogens is 934 g/mol. The number of aliphatic hydroxyl groups excluding tert-OH is 2. The van der Waals surface area contributed by atoms with Gasteiger partial charge in [0.15, 0.2) is 0 Å². The summed E-state index contributed by atoms with van der Waals surface area (Å²) in [4.78, 5) is 30.8. The van der Waals surface area contributed by atoms with Gasteiger partial charge in [-0.2, -0.15) is 10.5 Å². The third kappa shape index (κ3) is 14.9.